The molecule has 9 nitrogen and oxygen atoms in total. The van der Waals surface area contributed by atoms with Gasteiger partial charge in [-0.05, 0) is 5.92 Å². The molecule has 0 saturated carbocycles. The Bertz CT molecular complexity index is 482. The summed E-state index contributed by atoms with van der Waals surface area (Å²) >= 11 is 0. The van der Waals surface area contributed by atoms with Crippen molar-refractivity contribution in [2.45, 2.75) is 32.5 Å². The smallest absolute Gasteiger partial charge is 0.325 e. The van der Waals surface area contributed by atoms with Gasteiger partial charge in [-0.2, -0.15) is 0 Å². The number of methoxy groups -OCH3 is 1. The zero-order chi connectivity index (χ0) is 18.3. The summed E-state index contributed by atoms with van der Waals surface area (Å²) in [5.41, 5.74) is 5.69. The number of esters is 2. The second kappa shape index (κ2) is 9.33. The highest BCUT2D eigenvalue weighted by Crippen LogP contribution is 2.16. The first-order valence-corrected chi connectivity index (χ1v) is 7.78. The molecule has 2 unspecified atom stereocenters. The van der Waals surface area contributed by atoms with E-state index in [4.69, 9.17) is 10.5 Å². The molecule has 0 bridgehead atoms. The SMILES string of the molecule is COC(=O)CC1C(=O)N(CC(=O)OCC(C)C)CCN1C(N)C=O. The first-order chi connectivity index (χ1) is 11.3. The minimum Gasteiger partial charge on any atom is -0.469 e. The van der Waals surface area contributed by atoms with Gasteiger partial charge < -0.3 is 24.9 Å². The van der Waals surface area contributed by atoms with Gasteiger partial charge >= 0.3 is 11.9 Å². The fourth-order valence-electron chi connectivity index (χ4n) is 2.35. The number of hydrogen-bond acceptors (Lipinski definition) is 8. The molecule has 1 heterocycles. The van der Waals surface area contributed by atoms with Crippen LogP contribution in [0.5, 0.6) is 0 Å². The second-order valence-electron chi connectivity index (χ2n) is 6.00. The van der Waals surface area contributed by atoms with E-state index in [-0.39, 0.29) is 38.6 Å². The van der Waals surface area contributed by atoms with Crippen LogP contribution in [0.4, 0.5) is 0 Å². The predicted molar refractivity (Wildman–Crippen MR) is 83.5 cm³/mol. The zero-order valence-corrected chi connectivity index (χ0v) is 14.3. The van der Waals surface area contributed by atoms with Crippen LogP contribution in [-0.4, -0.2) is 79.5 Å². The summed E-state index contributed by atoms with van der Waals surface area (Å²) in [5, 5.41) is 0. The molecule has 2 atom stereocenters. The fraction of sp³-hybridized carbons (Fsp3) is 0.733. The van der Waals surface area contributed by atoms with E-state index < -0.39 is 30.1 Å². The monoisotopic (exact) mass is 343 g/mol. The lowest BCUT2D eigenvalue weighted by molar-refractivity contribution is -0.158. The van der Waals surface area contributed by atoms with Crippen molar-refractivity contribution in [1.29, 1.82) is 0 Å². The van der Waals surface area contributed by atoms with Crippen LogP contribution < -0.4 is 5.73 Å². The van der Waals surface area contributed by atoms with Crippen molar-refractivity contribution in [2.24, 2.45) is 11.7 Å². The van der Waals surface area contributed by atoms with Gasteiger partial charge in [-0.3, -0.25) is 19.3 Å². The Morgan fingerprint density at radius 1 is 1.33 bits per heavy atom. The Morgan fingerprint density at radius 2 is 2.00 bits per heavy atom. The second-order valence-corrected chi connectivity index (χ2v) is 6.00. The van der Waals surface area contributed by atoms with Crippen molar-refractivity contribution in [3.63, 3.8) is 0 Å². The first-order valence-electron chi connectivity index (χ1n) is 7.78. The molecule has 0 aromatic heterocycles. The third-order valence-corrected chi connectivity index (χ3v) is 3.63. The molecule has 9 heteroatoms. The van der Waals surface area contributed by atoms with E-state index in [1.165, 1.54) is 16.9 Å². The Labute approximate surface area is 141 Å². The molecular formula is C15H25N3O6. The van der Waals surface area contributed by atoms with Gasteiger partial charge in [0, 0.05) is 13.1 Å². The Balaban J connectivity index is 2.78. The summed E-state index contributed by atoms with van der Waals surface area (Å²) in [6.45, 7) is 4.37. The van der Waals surface area contributed by atoms with Gasteiger partial charge in [-0.15, -0.1) is 0 Å². The van der Waals surface area contributed by atoms with Crippen LogP contribution in [0.15, 0.2) is 0 Å². The lowest BCUT2D eigenvalue weighted by Crippen LogP contribution is -2.63. The number of piperazine rings is 1. The van der Waals surface area contributed by atoms with E-state index in [0.29, 0.717) is 6.29 Å². The number of amides is 1. The lowest BCUT2D eigenvalue weighted by Gasteiger charge is -2.41. The largest absolute Gasteiger partial charge is 0.469 e. The molecule has 136 valence electrons. The maximum atomic E-state index is 12.6. The molecule has 1 saturated heterocycles. The maximum Gasteiger partial charge on any atom is 0.325 e. The van der Waals surface area contributed by atoms with Gasteiger partial charge in [-0.25, -0.2) is 0 Å². The van der Waals surface area contributed by atoms with Crippen LogP contribution in [-0.2, 0) is 28.7 Å². The standard InChI is InChI=1S/C15H25N3O6/c1-10(2)9-24-14(21)7-17-4-5-18(12(16)8-19)11(15(17)22)6-13(20)23-3/h8,10-12H,4-7,9,16H2,1-3H3. The van der Waals surface area contributed by atoms with Crippen LogP contribution in [0.1, 0.15) is 20.3 Å². The molecule has 0 radical (unpaired) electrons. The molecular weight excluding hydrogens is 318 g/mol. The number of nitrogens with zero attached hydrogens (tertiary/aromatic N) is 2. The fourth-order valence-corrected chi connectivity index (χ4v) is 2.35. The van der Waals surface area contributed by atoms with Gasteiger partial charge in [0.15, 0.2) is 6.29 Å². The zero-order valence-electron chi connectivity index (χ0n) is 14.3. The van der Waals surface area contributed by atoms with E-state index in [1.54, 1.807) is 0 Å². The average molecular weight is 343 g/mol. The molecule has 0 aromatic rings. The van der Waals surface area contributed by atoms with Crippen molar-refractivity contribution >= 4 is 24.1 Å². The number of ether oxygens (including phenoxy) is 2. The molecule has 1 fully saturated rings. The summed E-state index contributed by atoms with van der Waals surface area (Å²) in [6, 6.07) is -0.940. The molecule has 1 aliphatic rings. The number of nitrogens with two attached hydrogens (primary N) is 1. The van der Waals surface area contributed by atoms with Gasteiger partial charge in [0.2, 0.25) is 5.91 Å². The molecule has 2 N–H and O–H groups in total. The topological polar surface area (TPSA) is 119 Å². The number of rotatable bonds is 8. The summed E-state index contributed by atoms with van der Waals surface area (Å²) in [6.07, 6.45) is -0.739. The molecule has 1 aliphatic heterocycles. The van der Waals surface area contributed by atoms with Crippen LogP contribution in [0, 0.1) is 5.92 Å². The van der Waals surface area contributed by atoms with Gasteiger partial charge in [0.25, 0.3) is 0 Å². The van der Waals surface area contributed by atoms with Gasteiger partial charge in [0.1, 0.15) is 18.8 Å². The van der Waals surface area contributed by atoms with E-state index in [9.17, 15) is 19.2 Å². The van der Waals surface area contributed by atoms with Crippen molar-refractivity contribution < 1.29 is 28.7 Å². The predicted octanol–water partition coefficient (Wildman–Crippen LogP) is -1.25. The molecule has 1 rings (SSSR count). The molecule has 0 aromatic carbocycles. The Morgan fingerprint density at radius 3 is 2.54 bits per heavy atom. The molecule has 24 heavy (non-hydrogen) atoms. The average Bonchev–Trinajstić information content (AvgIpc) is 2.55. The molecule has 0 aliphatic carbocycles. The first kappa shape index (κ1) is 20.0. The lowest BCUT2D eigenvalue weighted by atomic mass is 10.1. The summed E-state index contributed by atoms with van der Waals surface area (Å²) in [4.78, 5) is 49.6. The summed E-state index contributed by atoms with van der Waals surface area (Å²) < 4.78 is 9.66. The third kappa shape index (κ3) is 5.57. The van der Waals surface area contributed by atoms with E-state index in [0.717, 1.165) is 0 Å². The van der Waals surface area contributed by atoms with Crippen LogP contribution in [0.25, 0.3) is 0 Å². The van der Waals surface area contributed by atoms with Crippen molar-refractivity contribution in [3.8, 4) is 0 Å². The molecule has 0 spiro atoms. The van der Waals surface area contributed by atoms with Crippen LogP contribution in [0.3, 0.4) is 0 Å². The van der Waals surface area contributed by atoms with E-state index in [1.807, 2.05) is 13.8 Å². The minimum atomic E-state index is -1.00. The number of carbonyl (C=O) groups is 4. The summed E-state index contributed by atoms with van der Waals surface area (Å²) in [7, 11) is 1.21. The number of carbonyl (C=O) groups excluding carboxylic acids is 4. The minimum absolute atomic E-state index is 0.194. The highest BCUT2D eigenvalue weighted by atomic mass is 16.5. The van der Waals surface area contributed by atoms with Crippen molar-refractivity contribution in [2.75, 3.05) is 33.4 Å². The normalized spacial score (nSPS) is 20.0. The highest BCUT2D eigenvalue weighted by molar-refractivity contribution is 5.90. The third-order valence-electron chi connectivity index (χ3n) is 3.63. The Kier molecular flexibility index (Phi) is 7.80. The molecule has 1 amide bonds. The van der Waals surface area contributed by atoms with Crippen molar-refractivity contribution in [1.82, 2.24) is 9.80 Å². The highest BCUT2D eigenvalue weighted by Gasteiger charge is 2.39. The Hall–Kier alpha value is -2.00. The van der Waals surface area contributed by atoms with E-state index in [2.05, 4.69) is 4.74 Å². The van der Waals surface area contributed by atoms with Gasteiger partial charge in [0.05, 0.1) is 20.1 Å². The number of aldehydes is 1. The summed E-state index contributed by atoms with van der Waals surface area (Å²) in [5.74, 6) is -1.37. The maximum absolute atomic E-state index is 12.6. The van der Waals surface area contributed by atoms with Crippen LogP contribution in [0.2, 0.25) is 0 Å². The number of hydrogen-bond donors (Lipinski definition) is 1. The van der Waals surface area contributed by atoms with Crippen molar-refractivity contribution in [3.05, 3.63) is 0 Å². The van der Waals surface area contributed by atoms with E-state index >= 15 is 0 Å². The van der Waals surface area contributed by atoms with Crippen LogP contribution >= 0.6 is 0 Å². The quantitative estimate of drug-likeness (QED) is 0.429. The van der Waals surface area contributed by atoms with Gasteiger partial charge in [-0.1, -0.05) is 13.8 Å².